The van der Waals surface area contributed by atoms with Crippen LogP contribution in [0.3, 0.4) is 0 Å². The fraction of sp³-hybridized carbons (Fsp3) is 0.438. The maximum absolute atomic E-state index is 4.43. The molecular formula is C16H22N4. The predicted molar refractivity (Wildman–Crippen MR) is 81.7 cm³/mol. The Bertz CT molecular complexity index is 561. The molecule has 3 rings (SSSR count). The van der Waals surface area contributed by atoms with Crippen LogP contribution in [0, 0.1) is 0 Å². The van der Waals surface area contributed by atoms with Crippen molar-refractivity contribution in [3.63, 3.8) is 0 Å². The Morgan fingerprint density at radius 3 is 3.05 bits per heavy atom. The van der Waals surface area contributed by atoms with Gasteiger partial charge < -0.3 is 10.2 Å². The number of nitrogens with zero attached hydrogens (tertiary/aromatic N) is 3. The average molecular weight is 270 g/mol. The summed E-state index contributed by atoms with van der Waals surface area (Å²) in [6.07, 6.45) is 3.03. The summed E-state index contributed by atoms with van der Waals surface area (Å²) in [6.45, 7) is 7.14. The van der Waals surface area contributed by atoms with E-state index in [0.717, 1.165) is 39.1 Å². The van der Waals surface area contributed by atoms with Crippen molar-refractivity contribution in [2.45, 2.75) is 33.0 Å². The third-order valence-corrected chi connectivity index (χ3v) is 3.80. The van der Waals surface area contributed by atoms with Gasteiger partial charge >= 0.3 is 0 Å². The van der Waals surface area contributed by atoms with Crippen LogP contribution >= 0.6 is 0 Å². The first-order chi connectivity index (χ1) is 9.88. The Balaban J connectivity index is 1.85. The molecule has 1 aliphatic heterocycles. The van der Waals surface area contributed by atoms with E-state index in [4.69, 9.17) is 0 Å². The van der Waals surface area contributed by atoms with Crippen LogP contribution in [0.5, 0.6) is 0 Å². The lowest BCUT2D eigenvalue weighted by Gasteiger charge is -2.24. The lowest BCUT2D eigenvalue weighted by Crippen LogP contribution is -2.29. The summed E-state index contributed by atoms with van der Waals surface area (Å²) in [4.78, 5) is 2.46. The molecule has 0 radical (unpaired) electrons. The third-order valence-electron chi connectivity index (χ3n) is 3.80. The summed E-state index contributed by atoms with van der Waals surface area (Å²) in [5, 5.41) is 7.91. The van der Waals surface area contributed by atoms with Gasteiger partial charge in [0.1, 0.15) is 0 Å². The van der Waals surface area contributed by atoms with Crippen molar-refractivity contribution in [3.05, 3.63) is 47.8 Å². The molecule has 1 aromatic carbocycles. The van der Waals surface area contributed by atoms with Gasteiger partial charge in [0.15, 0.2) is 0 Å². The molecule has 0 atom stereocenters. The van der Waals surface area contributed by atoms with Gasteiger partial charge in [0.25, 0.3) is 0 Å². The Morgan fingerprint density at radius 2 is 2.15 bits per heavy atom. The van der Waals surface area contributed by atoms with Crippen molar-refractivity contribution in [2.75, 3.05) is 18.0 Å². The van der Waals surface area contributed by atoms with Crippen LogP contribution in [0.15, 0.2) is 36.5 Å². The minimum Gasteiger partial charge on any atom is -0.364 e. The van der Waals surface area contributed by atoms with Gasteiger partial charge in [-0.15, -0.1) is 0 Å². The van der Waals surface area contributed by atoms with Crippen molar-refractivity contribution in [2.24, 2.45) is 0 Å². The zero-order valence-corrected chi connectivity index (χ0v) is 12.0. The molecule has 20 heavy (non-hydrogen) atoms. The largest absolute Gasteiger partial charge is 0.364 e. The predicted octanol–water partition coefficient (Wildman–Crippen LogP) is 2.40. The van der Waals surface area contributed by atoms with E-state index in [0.29, 0.717) is 0 Å². The molecule has 0 bridgehead atoms. The molecule has 2 heterocycles. The summed E-state index contributed by atoms with van der Waals surface area (Å²) in [5.41, 5.74) is 4.02. The molecule has 2 aromatic rings. The molecule has 106 valence electrons. The normalized spacial score (nSPS) is 14.9. The lowest BCUT2D eigenvalue weighted by atomic mass is 10.1. The molecule has 1 N–H and O–H groups in total. The highest BCUT2D eigenvalue weighted by Gasteiger charge is 2.16. The number of aromatic nitrogens is 2. The number of benzene rings is 1. The van der Waals surface area contributed by atoms with Crippen molar-refractivity contribution < 1.29 is 0 Å². The van der Waals surface area contributed by atoms with E-state index in [1.165, 1.54) is 16.9 Å². The van der Waals surface area contributed by atoms with Crippen LogP contribution in [0.2, 0.25) is 0 Å². The van der Waals surface area contributed by atoms with E-state index in [9.17, 15) is 0 Å². The standard InChI is InChI=1S/C16H22N4/c1-2-10-20-15(7-8-18-20)13-19-11-9-17-12-14-5-3-4-6-16(14)19/h3-8,17H,2,9-13H2,1H3. The molecule has 4 nitrogen and oxygen atoms in total. The fourth-order valence-corrected chi connectivity index (χ4v) is 2.79. The minimum atomic E-state index is 0.929. The average Bonchev–Trinajstić information content (AvgIpc) is 2.80. The zero-order valence-electron chi connectivity index (χ0n) is 12.0. The highest BCUT2D eigenvalue weighted by atomic mass is 15.3. The maximum atomic E-state index is 4.43. The number of fused-ring (bicyclic) bond motifs is 1. The SMILES string of the molecule is CCCn1nccc1CN1CCNCc2ccccc21. The van der Waals surface area contributed by atoms with Crippen LogP contribution in [0.25, 0.3) is 0 Å². The van der Waals surface area contributed by atoms with Crippen LogP contribution in [-0.2, 0) is 19.6 Å². The molecule has 0 spiro atoms. The fourth-order valence-electron chi connectivity index (χ4n) is 2.79. The number of hydrogen-bond acceptors (Lipinski definition) is 3. The lowest BCUT2D eigenvalue weighted by molar-refractivity contribution is 0.565. The van der Waals surface area contributed by atoms with Gasteiger partial charge in [0, 0.05) is 38.1 Å². The molecule has 0 unspecified atom stereocenters. The summed E-state index contributed by atoms with van der Waals surface area (Å²) >= 11 is 0. The van der Waals surface area contributed by atoms with Gasteiger partial charge in [0.05, 0.1) is 12.2 Å². The second-order valence-corrected chi connectivity index (χ2v) is 5.27. The van der Waals surface area contributed by atoms with Gasteiger partial charge in [-0.05, 0) is 24.1 Å². The van der Waals surface area contributed by atoms with Crippen molar-refractivity contribution in [3.8, 4) is 0 Å². The minimum absolute atomic E-state index is 0.929. The first-order valence-electron chi connectivity index (χ1n) is 7.42. The molecule has 0 saturated carbocycles. The second kappa shape index (κ2) is 6.09. The number of nitrogens with one attached hydrogen (secondary N) is 1. The summed E-state index contributed by atoms with van der Waals surface area (Å²) in [7, 11) is 0. The van der Waals surface area contributed by atoms with Gasteiger partial charge in [-0.2, -0.15) is 5.10 Å². The Hall–Kier alpha value is -1.81. The molecule has 0 aliphatic carbocycles. The van der Waals surface area contributed by atoms with E-state index >= 15 is 0 Å². The number of hydrogen-bond donors (Lipinski definition) is 1. The van der Waals surface area contributed by atoms with E-state index in [2.05, 4.69) is 57.3 Å². The highest BCUT2D eigenvalue weighted by molar-refractivity contribution is 5.54. The molecule has 1 aliphatic rings. The van der Waals surface area contributed by atoms with Gasteiger partial charge in [-0.1, -0.05) is 25.1 Å². The van der Waals surface area contributed by atoms with Crippen LogP contribution < -0.4 is 10.2 Å². The topological polar surface area (TPSA) is 33.1 Å². The summed E-state index contributed by atoms with van der Waals surface area (Å²) < 4.78 is 2.13. The Morgan fingerprint density at radius 1 is 1.25 bits per heavy atom. The van der Waals surface area contributed by atoms with E-state index < -0.39 is 0 Å². The van der Waals surface area contributed by atoms with E-state index in [1.807, 2.05) is 6.20 Å². The number of aryl methyl sites for hydroxylation is 1. The Labute approximate surface area is 120 Å². The summed E-state index contributed by atoms with van der Waals surface area (Å²) in [6, 6.07) is 10.8. The van der Waals surface area contributed by atoms with Crippen molar-refractivity contribution in [1.29, 1.82) is 0 Å². The molecule has 0 amide bonds. The second-order valence-electron chi connectivity index (χ2n) is 5.27. The third kappa shape index (κ3) is 2.70. The van der Waals surface area contributed by atoms with Crippen LogP contribution in [0.4, 0.5) is 5.69 Å². The maximum Gasteiger partial charge on any atom is 0.0599 e. The zero-order chi connectivity index (χ0) is 13.8. The molecule has 1 aromatic heterocycles. The number of para-hydroxylation sites is 1. The molecule has 0 saturated heterocycles. The first kappa shape index (κ1) is 13.2. The number of rotatable bonds is 4. The van der Waals surface area contributed by atoms with Gasteiger partial charge in [-0.3, -0.25) is 4.68 Å². The van der Waals surface area contributed by atoms with Crippen molar-refractivity contribution in [1.82, 2.24) is 15.1 Å². The molecule has 4 heteroatoms. The van der Waals surface area contributed by atoms with Gasteiger partial charge in [-0.25, -0.2) is 0 Å². The molecule has 0 fully saturated rings. The monoisotopic (exact) mass is 270 g/mol. The summed E-state index contributed by atoms with van der Waals surface area (Å²) in [5.74, 6) is 0. The van der Waals surface area contributed by atoms with Crippen LogP contribution in [0.1, 0.15) is 24.6 Å². The first-order valence-corrected chi connectivity index (χ1v) is 7.42. The highest BCUT2D eigenvalue weighted by Crippen LogP contribution is 2.23. The smallest absolute Gasteiger partial charge is 0.0599 e. The van der Waals surface area contributed by atoms with Gasteiger partial charge in [0.2, 0.25) is 0 Å². The Kier molecular flexibility index (Phi) is 4.02. The van der Waals surface area contributed by atoms with E-state index in [1.54, 1.807) is 0 Å². The van der Waals surface area contributed by atoms with Crippen molar-refractivity contribution >= 4 is 5.69 Å². The quantitative estimate of drug-likeness (QED) is 0.926. The molecular weight excluding hydrogens is 248 g/mol. The van der Waals surface area contributed by atoms with Crippen LogP contribution in [-0.4, -0.2) is 22.9 Å². The van der Waals surface area contributed by atoms with E-state index in [-0.39, 0.29) is 0 Å². The number of anilines is 1.